The summed E-state index contributed by atoms with van der Waals surface area (Å²) in [6.07, 6.45) is 0.0730. The fourth-order valence-electron chi connectivity index (χ4n) is 1.32. The van der Waals surface area contributed by atoms with Crippen molar-refractivity contribution in [3.63, 3.8) is 0 Å². The molecule has 2 unspecified atom stereocenters. The molecule has 0 fully saturated rings. The molecule has 0 aliphatic carbocycles. The Bertz CT molecular complexity index is 332. The number of rotatable bonds is 7. The van der Waals surface area contributed by atoms with Crippen molar-refractivity contribution >= 4 is 10.0 Å². The van der Waals surface area contributed by atoms with Gasteiger partial charge in [0.15, 0.2) is 5.25 Å². The molecule has 0 saturated carbocycles. The lowest BCUT2D eigenvalue weighted by Gasteiger charge is -2.15. The third-order valence-corrected chi connectivity index (χ3v) is 3.91. The van der Waals surface area contributed by atoms with E-state index in [4.69, 9.17) is 5.26 Å². The maximum Gasteiger partial charge on any atom is 0.228 e. The standard InChI is InChI=1S/C10H20N2O3S/c1-4-10(6-11)16(14,15)12-7-9(13)5-8(2)3/h8-10,12-13H,4-5,7H2,1-3H3. The van der Waals surface area contributed by atoms with Gasteiger partial charge in [-0.05, 0) is 18.8 Å². The molecule has 0 rings (SSSR count). The molecule has 0 bridgehead atoms. The molecule has 0 aromatic carbocycles. The molecular formula is C10H20N2O3S. The van der Waals surface area contributed by atoms with Crippen molar-refractivity contribution in [1.29, 1.82) is 5.26 Å². The van der Waals surface area contributed by atoms with Crippen LogP contribution >= 0.6 is 0 Å². The van der Waals surface area contributed by atoms with Crippen LogP contribution in [0, 0.1) is 17.2 Å². The molecule has 94 valence electrons. The van der Waals surface area contributed by atoms with Gasteiger partial charge >= 0.3 is 0 Å². The Morgan fingerprint density at radius 2 is 2.00 bits per heavy atom. The van der Waals surface area contributed by atoms with Gasteiger partial charge in [-0.2, -0.15) is 5.26 Å². The Morgan fingerprint density at radius 3 is 2.38 bits per heavy atom. The molecule has 16 heavy (non-hydrogen) atoms. The first-order valence-corrected chi connectivity index (χ1v) is 6.94. The molecule has 0 spiro atoms. The van der Waals surface area contributed by atoms with Crippen molar-refractivity contribution < 1.29 is 13.5 Å². The molecule has 0 amide bonds. The largest absolute Gasteiger partial charge is 0.392 e. The van der Waals surface area contributed by atoms with E-state index in [9.17, 15) is 13.5 Å². The molecule has 0 heterocycles. The Hall–Kier alpha value is -0.640. The molecule has 6 heteroatoms. The second-order valence-electron chi connectivity index (χ2n) is 4.20. The predicted molar refractivity (Wildman–Crippen MR) is 62.1 cm³/mol. The lowest BCUT2D eigenvalue weighted by atomic mass is 10.1. The van der Waals surface area contributed by atoms with E-state index in [0.29, 0.717) is 12.3 Å². The summed E-state index contributed by atoms with van der Waals surface area (Å²) < 4.78 is 25.3. The van der Waals surface area contributed by atoms with E-state index >= 15 is 0 Å². The van der Waals surface area contributed by atoms with Crippen LogP contribution in [0.5, 0.6) is 0 Å². The molecule has 0 aromatic rings. The summed E-state index contributed by atoms with van der Waals surface area (Å²) in [6, 6.07) is 1.72. The van der Waals surface area contributed by atoms with E-state index in [1.165, 1.54) is 0 Å². The topological polar surface area (TPSA) is 90.2 Å². The monoisotopic (exact) mass is 248 g/mol. The molecule has 0 aliphatic heterocycles. The van der Waals surface area contributed by atoms with E-state index in [-0.39, 0.29) is 13.0 Å². The highest BCUT2D eigenvalue weighted by atomic mass is 32.2. The van der Waals surface area contributed by atoms with Gasteiger partial charge in [-0.15, -0.1) is 0 Å². The Balaban J connectivity index is 4.25. The number of nitrogens with one attached hydrogen (secondary N) is 1. The summed E-state index contributed by atoms with van der Waals surface area (Å²) in [5, 5.41) is 17.1. The summed E-state index contributed by atoms with van der Waals surface area (Å²) in [6.45, 7) is 5.50. The second-order valence-corrected chi connectivity index (χ2v) is 6.15. The van der Waals surface area contributed by atoms with Crippen LogP contribution in [0.1, 0.15) is 33.6 Å². The van der Waals surface area contributed by atoms with Gasteiger partial charge in [-0.1, -0.05) is 20.8 Å². The minimum absolute atomic E-state index is 0.0291. The Kier molecular flexibility index (Phi) is 6.56. The minimum Gasteiger partial charge on any atom is -0.392 e. The smallest absolute Gasteiger partial charge is 0.228 e. The van der Waals surface area contributed by atoms with E-state index in [2.05, 4.69) is 4.72 Å². The number of hydrogen-bond donors (Lipinski definition) is 2. The normalized spacial score (nSPS) is 15.8. The van der Waals surface area contributed by atoms with Gasteiger partial charge in [-0.25, -0.2) is 13.1 Å². The van der Waals surface area contributed by atoms with Crippen LogP contribution in [0.3, 0.4) is 0 Å². The van der Waals surface area contributed by atoms with Crippen molar-refractivity contribution in [2.45, 2.75) is 45.0 Å². The molecule has 0 radical (unpaired) electrons. The first-order valence-electron chi connectivity index (χ1n) is 5.39. The third kappa shape index (κ3) is 5.45. The van der Waals surface area contributed by atoms with Crippen LogP contribution < -0.4 is 4.72 Å². The quantitative estimate of drug-likeness (QED) is 0.691. The zero-order chi connectivity index (χ0) is 12.8. The van der Waals surface area contributed by atoms with Crippen molar-refractivity contribution in [3.05, 3.63) is 0 Å². The van der Waals surface area contributed by atoms with Crippen LogP contribution in [0.15, 0.2) is 0 Å². The number of nitrogens with zero attached hydrogens (tertiary/aromatic N) is 1. The predicted octanol–water partition coefficient (Wildman–Crippen LogP) is 0.615. The van der Waals surface area contributed by atoms with Gasteiger partial charge in [0.2, 0.25) is 10.0 Å². The average molecular weight is 248 g/mol. The van der Waals surface area contributed by atoms with Crippen LogP contribution in [-0.4, -0.2) is 31.4 Å². The fraction of sp³-hybridized carbons (Fsp3) is 0.900. The van der Waals surface area contributed by atoms with Crippen molar-refractivity contribution in [1.82, 2.24) is 4.72 Å². The molecule has 2 atom stereocenters. The lowest BCUT2D eigenvalue weighted by Crippen LogP contribution is -2.38. The zero-order valence-corrected chi connectivity index (χ0v) is 10.8. The highest BCUT2D eigenvalue weighted by molar-refractivity contribution is 7.90. The van der Waals surface area contributed by atoms with Gasteiger partial charge in [0.25, 0.3) is 0 Å². The maximum absolute atomic E-state index is 11.5. The molecule has 5 nitrogen and oxygen atoms in total. The van der Waals surface area contributed by atoms with E-state index in [1.54, 1.807) is 13.0 Å². The SMILES string of the molecule is CCC(C#N)S(=O)(=O)NCC(O)CC(C)C. The van der Waals surface area contributed by atoms with Crippen LogP contribution in [0.4, 0.5) is 0 Å². The molecular weight excluding hydrogens is 228 g/mol. The number of aliphatic hydroxyl groups excluding tert-OH is 1. The van der Waals surface area contributed by atoms with Crippen LogP contribution in [0.25, 0.3) is 0 Å². The summed E-state index contributed by atoms with van der Waals surface area (Å²) in [7, 11) is -3.62. The summed E-state index contributed by atoms with van der Waals surface area (Å²) >= 11 is 0. The Labute approximate surface area is 97.5 Å². The lowest BCUT2D eigenvalue weighted by molar-refractivity contribution is 0.152. The second kappa shape index (κ2) is 6.84. The summed E-state index contributed by atoms with van der Waals surface area (Å²) in [4.78, 5) is 0. The Morgan fingerprint density at radius 1 is 1.44 bits per heavy atom. The van der Waals surface area contributed by atoms with Crippen LogP contribution in [0.2, 0.25) is 0 Å². The average Bonchev–Trinajstić information content (AvgIpc) is 2.15. The molecule has 0 saturated heterocycles. The first kappa shape index (κ1) is 15.4. The zero-order valence-electron chi connectivity index (χ0n) is 9.97. The fourth-order valence-corrected chi connectivity index (χ4v) is 2.52. The number of nitriles is 1. The maximum atomic E-state index is 11.5. The van der Waals surface area contributed by atoms with Gasteiger partial charge < -0.3 is 5.11 Å². The first-order chi connectivity index (χ1) is 7.33. The van der Waals surface area contributed by atoms with E-state index in [1.807, 2.05) is 13.8 Å². The van der Waals surface area contributed by atoms with Crippen molar-refractivity contribution in [2.75, 3.05) is 6.54 Å². The van der Waals surface area contributed by atoms with Gasteiger partial charge in [-0.3, -0.25) is 0 Å². The van der Waals surface area contributed by atoms with Gasteiger partial charge in [0.1, 0.15) is 0 Å². The van der Waals surface area contributed by atoms with E-state index < -0.39 is 21.4 Å². The number of sulfonamides is 1. The molecule has 0 aliphatic rings. The summed E-state index contributed by atoms with van der Waals surface area (Å²) in [5.74, 6) is 0.303. The number of aliphatic hydroxyl groups is 1. The third-order valence-electron chi connectivity index (χ3n) is 2.15. The highest BCUT2D eigenvalue weighted by Gasteiger charge is 2.23. The van der Waals surface area contributed by atoms with Crippen LogP contribution in [-0.2, 0) is 10.0 Å². The van der Waals surface area contributed by atoms with Gasteiger partial charge in [0.05, 0.1) is 12.2 Å². The molecule has 0 aromatic heterocycles. The van der Waals surface area contributed by atoms with Gasteiger partial charge in [0, 0.05) is 6.54 Å². The number of hydrogen-bond acceptors (Lipinski definition) is 4. The molecule has 2 N–H and O–H groups in total. The minimum atomic E-state index is -3.62. The van der Waals surface area contributed by atoms with Crippen molar-refractivity contribution in [2.24, 2.45) is 5.92 Å². The van der Waals surface area contributed by atoms with Crippen molar-refractivity contribution in [3.8, 4) is 6.07 Å². The summed E-state index contributed by atoms with van der Waals surface area (Å²) in [5.41, 5.74) is 0. The van der Waals surface area contributed by atoms with E-state index in [0.717, 1.165) is 0 Å². The highest BCUT2D eigenvalue weighted by Crippen LogP contribution is 2.06.